The van der Waals surface area contributed by atoms with Crippen LogP contribution >= 0.6 is 22.9 Å². The van der Waals surface area contributed by atoms with Gasteiger partial charge in [-0.05, 0) is 17.2 Å². The minimum atomic E-state index is -4.72. The number of benzene rings is 1. The van der Waals surface area contributed by atoms with Crippen molar-refractivity contribution in [3.8, 4) is 11.1 Å². The summed E-state index contributed by atoms with van der Waals surface area (Å²) in [5.41, 5.74) is 4.88. The first-order chi connectivity index (χ1) is 15.1. The zero-order chi connectivity index (χ0) is 23.2. The Kier molecular flexibility index (Phi) is 5.39. The number of rotatable bonds is 4. The largest absolute Gasteiger partial charge is 0.433 e. The molecule has 12 heteroatoms. The van der Waals surface area contributed by atoms with Gasteiger partial charge in [0.05, 0.1) is 16.9 Å². The number of carbonyl (C=O) groups excluding carboxylic acids is 2. The van der Waals surface area contributed by atoms with E-state index in [-0.39, 0.29) is 37.1 Å². The molecule has 0 saturated carbocycles. The molecule has 4 rings (SSSR count). The summed E-state index contributed by atoms with van der Waals surface area (Å²) in [6, 6.07) is 9.12. The number of pyridine rings is 1. The first-order valence-corrected chi connectivity index (χ1v) is 10.2. The van der Waals surface area contributed by atoms with Crippen molar-refractivity contribution in [2.75, 3.05) is 5.32 Å². The van der Waals surface area contributed by atoms with Gasteiger partial charge in [0.1, 0.15) is 21.1 Å². The SMILES string of the molecule is Cn1ncc(Cl)c1C(=O)Nc1c(C(N)=O)sc2nc(C(F)(F)F)cc(-c3ccccc3)c12. The molecular formula is C20H13ClF3N5O2S. The van der Waals surface area contributed by atoms with Gasteiger partial charge in [-0.1, -0.05) is 41.9 Å². The van der Waals surface area contributed by atoms with Crippen LogP contribution in [0.1, 0.15) is 25.9 Å². The lowest BCUT2D eigenvalue weighted by Crippen LogP contribution is -2.19. The first kappa shape index (κ1) is 21.8. The van der Waals surface area contributed by atoms with Gasteiger partial charge in [-0.2, -0.15) is 18.3 Å². The molecule has 164 valence electrons. The summed E-state index contributed by atoms with van der Waals surface area (Å²) in [5.74, 6) is -1.64. The summed E-state index contributed by atoms with van der Waals surface area (Å²) in [6.45, 7) is 0. The molecule has 0 atom stereocenters. The summed E-state index contributed by atoms with van der Waals surface area (Å²) >= 11 is 6.69. The van der Waals surface area contributed by atoms with Crippen molar-refractivity contribution < 1.29 is 22.8 Å². The number of nitrogens with two attached hydrogens (primary N) is 1. The molecule has 1 aromatic carbocycles. The molecule has 0 aliphatic heterocycles. The molecule has 3 heterocycles. The normalized spacial score (nSPS) is 11.7. The fourth-order valence-corrected chi connectivity index (χ4v) is 4.48. The van der Waals surface area contributed by atoms with E-state index in [1.807, 2.05) is 0 Å². The summed E-state index contributed by atoms with van der Waals surface area (Å²) in [4.78, 5) is 28.5. The highest BCUT2D eigenvalue weighted by molar-refractivity contribution is 7.21. The molecule has 4 aromatic rings. The summed E-state index contributed by atoms with van der Waals surface area (Å²) in [7, 11) is 1.49. The topological polar surface area (TPSA) is 103 Å². The lowest BCUT2D eigenvalue weighted by Gasteiger charge is -2.12. The quantitative estimate of drug-likeness (QED) is 0.442. The number of amides is 2. The summed E-state index contributed by atoms with van der Waals surface area (Å²) in [5, 5.41) is 6.68. The number of aromatic nitrogens is 3. The lowest BCUT2D eigenvalue weighted by atomic mass is 10.0. The smallest absolute Gasteiger partial charge is 0.365 e. The Balaban J connectivity index is 2.00. The van der Waals surface area contributed by atoms with Gasteiger partial charge in [-0.15, -0.1) is 11.3 Å². The number of hydrogen-bond acceptors (Lipinski definition) is 5. The van der Waals surface area contributed by atoms with Gasteiger partial charge in [-0.3, -0.25) is 14.3 Å². The molecule has 0 radical (unpaired) electrons. The van der Waals surface area contributed by atoms with Crippen LogP contribution < -0.4 is 11.1 Å². The maximum atomic E-state index is 13.5. The Morgan fingerprint density at radius 1 is 1.22 bits per heavy atom. The Hall–Kier alpha value is -3.44. The fourth-order valence-electron chi connectivity index (χ4n) is 3.22. The number of nitrogens with zero attached hydrogens (tertiary/aromatic N) is 3. The van der Waals surface area contributed by atoms with E-state index in [2.05, 4.69) is 15.4 Å². The third-order valence-electron chi connectivity index (χ3n) is 4.61. The highest BCUT2D eigenvalue weighted by Crippen LogP contribution is 2.43. The molecule has 0 unspecified atom stereocenters. The second-order valence-corrected chi connectivity index (χ2v) is 8.09. The number of halogens is 4. The van der Waals surface area contributed by atoms with Crippen LogP contribution in [0.15, 0.2) is 42.6 Å². The zero-order valence-electron chi connectivity index (χ0n) is 16.2. The lowest BCUT2D eigenvalue weighted by molar-refractivity contribution is -0.140. The predicted octanol–water partition coefficient (Wildman–Crippen LogP) is 4.72. The van der Waals surface area contributed by atoms with Crippen LogP contribution in [-0.4, -0.2) is 26.6 Å². The fraction of sp³-hybridized carbons (Fsp3) is 0.100. The van der Waals surface area contributed by atoms with Crippen molar-refractivity contribution in [1.82, 2.24) is 14.8 Å². The molecule has 0 aliphatic rings. The van der Waals surface area contributed by atoms with Gasteiger partial charge in [0.2, 0.25) is 0 Å². The van der Waals surface area contributed by atoms with E-state index < -0.39 is 23.7 Å². The minimum Gasteiger partial charge on any atom is -0.365 e. The van der Waals surface area contributed by atoms with E-state index in [4.69, 9.17) is 17.3 Å². The van der Waals surface area contributed by atoms with Crippen molar-refractivity contribution in [3.63, 3.8) is 0 Å². The second kappa shape index (κ2) is 7.92. The highest BCUT2D eigenvalue weighted by atomic mass is 35.5. The number of anilines is 1. The van der Waals surface area contributed by atoms with Crippen molar-refractivity contribution in [2.45, 2.75) is 6.18 Å². The van der Waals surface area contributed by atoms with Gasteiger partial charge < -0.3 is 11.1 Å². The second-order valence-electron chi connectivity index (χ2n) is 6.69. The molecule has 0 bridgehead atoms. The predicted molar refractivity (Wildman–Crippen MR) is 115 cm³/mol. The van der Waals surface area contributed by atoms with Crippen LogP contribution in [0.3, 0.4) is 0 Å². The molecule has 0 saturated heterocycles. The number of aryl methyl sites for hydroxylation is 1. The van der Waals surface area contributed by atoms with E-state index in [9.17, 15) is 22.8 Å². The number of thiophene rings is 1. The van der Waals surface area contributed by atoms with Crippen LogP contribution in [0.25, 0.3) is 21.3 Å². The van der Waals surface area contributed by atoms with Gasteiger partial charge in [0.25, 0.3) is 11.8 Å². The number of carbonyl (C=O) groups is 2. The van der Waals surface area contributed by atoms with Crippen LogP contribution in [0.4, 0.5) is 18.9 Å². The van der Waals surface area contributed by atoms with Gasteiger partial charge in [-0.25, -0.2) is 4.98 Å². The maximum Gasteiger partial charge on any atom is 0.433 e. The first-order valence-electron chi connectivity index (χ1n) is 8.96. The molecule has 3 aromatic heterocycles. The monoisotopic (exact) mass is 479 g/mol. The third kappa shape index (κ3) is 3.80. The molecule has 0 fully saturated rings. The Morgan fingerprint density at radius 2 is 1.91 bits per heavy atom. The molecule has 3 N–H and O–H groups in total. The minimum absolute atomic E-state index is 0.00238. The van der Waals surface area contributed by atoms with Crippen LogP contribution in [0, 0.1) is 0 Å². The van der Waals surface area contributed by atoms with Gasteiger partial charge in [0, 0.05) is 12.4 Å². The van der Waals surface area contributed by atoms with Crippen LogP contribution in [-0.2, 0) is 13.2 Å². The number of nitrogens with one attached hydrogen (secondary N) is 1. The third-order valence-corrected chi connectivity index (χ3v) is 5.98. The Bertz CT molecular complexity index is 1350. The number of fused-ring (bicyclic) bond motifs is 1. The standard InChI is InChI=1S/C20H13ClF3N5O2S/c1-29-15(11(21)8-26-29)18(31)28-14-13-10(9-5-3-2-4-6-9)7-12(20(22,23)24)27-19(13)32-16(14)17(25)30/h2-8H,1H3,(H2,25,30)(H,28,31). The molecule has 0 spiro atoms. The molecule has 7 nitrogen and oxygen atoms in total. The van der Waals surface area contributed by atoms with Crippen LogP contribution in [0.5, 0.6) is 0 Å². The van der Waals surface area contributed by atoms with Gasteiger partial charge >= 0.3 is 6.18 Å². The highest BCUT2D eigenvalue weighted by Gasteiger charge is 2.35. The van der Waals surface area contributed by atoms with Crippen molar-refractivity contribution in [1.29, 1.82) is 0 Å². The van der Waals surface area contributed by atoms with Crippen LogP contribution in [0.2, 0.25) is 5.02 Å². The van der Waals surface area contributed by atoms with Gasteiger partial charge in [0.15, 0.2) is 0 Å². The number of primary amides is 1. The molecular weight excluding hydrogens is 467 g/mol. The number of alkyl halides is 3. The van der Waals surface area contributed by atoms with E-state index in [1.165, 1.54) is 17.9 Å². The summed E-state index contributed by atoms with van der Waals surface area (Å²) in [6.07, 6.45) is -3.45. The van der Waals surface area contributed by atoms with E-state index in [1.54, 1.807) is 30.3 Å². The number of hydrogen-bond donors (Lipinski definition) is 2. The van der Waals surface area contributed by atoms with E-state index >= 15 is 0 Å². The zero-order valence-corrected chi connectivity index (χ0v) is 17.8. The molecule has 2 amide bonds. The van der Waals surface area contributed by atoms with Crippen molar-refractivity contribution >= 4 is 50.7 Å². The Labute approximate surface area is 187 Å². The van der Waals surface area contributed by atoms with E-state index in [0.717, 1.165) is 6.07 Å². The van der Waals surface area contributed by atoms with Crippen molar-refractivity contribution in [3.05, 3.63) is 63.9 Å². The Morgan fingerprint density at radius 3 is 2.47 bits per heavy atom. The average Bonchev–Trinajstić information content (AvgIpc) is 3.27. The average molecular weight is 480 g/mol. The summed E-state index contributed by atoms with van der Waals surface area (Å²) < 4.78 is 41.8. The molecule has 0 aliphatic carbocycles. The van der Waals surface area contributed by atoms with Crippen molar-refractivity contribution in [2.24, 2.45) is 12.8 Å². The van der Waals surface area contributed by atoms with E-state index in [0.29, 0.717) is 16.9 Å². The maximum absolute atomic E-state index is 13.5. The molecule has 32 heavy (non-hydrogen) atoms.